The zero-order valence-electron chi connectivity index (χ0n) is 16.4. The van der Waals surface area contributed by atoms with Gasteiger partial charge in [-0.15, -0.1) is 0 Å². The van der Waals surface area contributed by atoms with Crippen molar-refractivity contribution < 1.29 is 0 Å². The monoisotopic (exact) mass is 345 g/mol. The van der Waals surface area contributed by atoms with Crippen LogP contribution in [0.5, 0.6) is 0 Å². The Morgan fingerprint density at radius 1 is 0.885 bits per heavy atom. The molecule has 5 atom stereocenters. The fraction of sp³-hybridized carbons (Fsp3) is 0.520. The quantitative estimate of drug-likeness (QED) is 0.561. The molecule has 5 rings (SSSR count). The van der Waals surface area contributed by atoms with Crippen LogP contribution in [-0.2, 0) is 5.41 Å². The third-order valence-corrected chi connectivity index (χ3v) is 7.91. The average molecular weight is 346 g/mol. The highest BCUT2D eigenvalue weighted by atomic mass is 15.2. The summed E-state index contributed by atoms with van der Waals surface area (Å²) >= 11 is 0. The van der Waals surface area contributed by atoms with Gasteiger partial charge in [0.05, 0.1) is 0 Å². The van der Waals surface area contributed by atoms with Crippen molar-refractivity contribution in [2.45, 2.75) is 64.3 Å². The molecule has 0 radical (unpaired) electrons. The maximum atomic E-state index is 2.67. The topological polar surface area (TPSA) is 3.24 Å². The lowest BCUT2D eigenvalue weighted by Crippen LogP contribution is -2.51. The number of aryl methyl sites for hydroxylation is 1. The molecule has 2 aromatic rings. The number of anilines is 2. The Bertz CT molecular complexity index is 822. The summed E-state index contributed by atoms with van der Waals surface area (Å²) in [5.74, 6) is 2.71. The number of nitrogens with zero attached hydrogens (tertiary/aromatic N) is 1. The van der Waals surface area contributed by atoms with E-state index in [4.69, 9.17) is 0 Å². The largest absolute Gasteiger partial charge is 0.337 e. The van der Waals surface area contributed by atoms with Crippen LogP contribution in [0, 0.1) is 24.7 Å². The summed E-state index contributed by atoms with van der Waals surface area (Å²) in [6.07, 6.45) is 7.11. The van der Waals surface area contributed by atoms with Crippen LogP contribution in [0.15, 0.2) is 48.5 Å². The number of rotatable bonds is 1. The molecule has 26 heavy (non-hydrogen) atoms. The van der Waals surface area contributed by atoms with Crippen molar-refractivity contribution in [1.82, 2.24) is 0 Å². The van der Waals surface area contributed by atoms with Gasteiger partial charge in [0.1, 0.15) is 0 Å². The van der Waals surface area contributed by atoms with Gasteiger partial charge in [-0.3, -0.25) is 0 Å². The minimum absolute atomic E-state index is 0.337. The number of para-hydroxylation sites is 2. The third kappa shape index (κ3) is 2.15. The van der Waals surface area contributed by atoms with Crippen molar-refractivity contribution >= 4 is 11.4 Å². The van der Waals surface area contributed by atoms with Crippen molar-refractivity contribution in [3.63, 3.8) is 0 Å². The first-order valence-electron chi connectivity index (χ1n) is 10.6. The third-order valence-electron chi connectivity index (χ3n) is 7.91. The Balaban J connectivity index is 1.67. The molecule has 3 aliphatic rings. The molecule has 136 valence electrons. The van der Waals surface area contributed by atoms with Crippen molar-refractivity contribution in [2.75, 3.05) is 4.90 Å². The van der Waals surface area contributed by atoms with Crippen LogP contribution in [0.4, 0.5) is 11.4 Å². The normalized spacial score (nSPS) is 35.6. The van der Waals surface area contributed by atoms with Gasteiger partial charge in [0, 0.05) is 22.8 Å². The molecule has 0 saturated heterocycles. The number of fused-ring (bicyclic) bond motifs is 5. The molecule has 1 spiro atoms. The first kappa shape index (κ1) is 16.4. The summed E-state index contributed by atoms with van der Waals surface area (Å²) in [4.78, 5) is 2.67. The highest BCUT2D eigenvalue weighted by Crippen LogP contribution is 2.61. The number of hydrogen-bond donors (Lipinski definition) is 0. The van der Waals surface area contributed by atoms with Crippen molar-refractivity contribution in [3.05, 3.63) is 59.7 Å². The molecule has 1 nitrogen and oxygen atoms in total. The molecular formula is C25H31N. The minimum atomic E-state index is 0.337. The summed E-state index contributed by atoms with van der Waals surface area (Å²) in [6.45, 7) is 7.25. The van der Waals surface area contributed by atoms with E-state index in [1.54, 1.807) is 5.56 Å². The minimum Gasteiger partial charge on any atom is -0.337 e. The van der Waals surface area contributed by atoms with Gasteiger partial charge in [0.25, 0.3) is 0 Å². The molecule has 2 aliphatic carbocycles. The first-order valence-corrected chi connectivity index (χ1v) is 10.6. The van der Waals surface area contributed by atoms with Gasteiger partial charge < -0.3 is 4.90 Å². The van der Waals surface area contributed by atoms with Gasteiger partial charge in [-0.05, 0) is 87.0 Å². The van der Waals surface area contributed by atoms with E-state index in [2.05, 4.69) is 74.2 Å². The van der Waals surface area contributed by atoms with E-state index in [0.717, 1.165) is 17.8 Å². The zero-order chi connectivity index (χ0) is 17.9. The van der Waals surface area contributed by atoms with Gasteiger partial charge in [-0.2, -0.15) is 0 Å². The SMILES string of the molecule is Cc1ccccc1N1c2ccccc2C2(CCC3CC(C)CC2C3)C1C. The molecular weight excluding hydrogens is 314 g/mol. The molecule has 1 heteroatoms. The molecule has 0 amide bonds. The highest BCUT2D eigenvalue weighted by Gasteiger charge is 2.56. The van der Waals surface area contributed by atoms with E-state index in [-0.39, 0.29) is 0 Å². The van der Waals surface area contributed by atoms with Crippen LogP contribution in [-0.4, -0.2) is 6.04 Å². The summed E-state index contributed by atoms with van der Waals surface area (Å²) in [6, 6.07) is 18.8. The summed E-state index contributed by atoms with van der Waals surface area (Å²) in [5, 5.41) is 0. The number of hydrogen-bond acceptors (Lipinski definition) is 1. The maximum absolute atomic E-state index is 2.67. The fourth-order valence-corrected chi connectivity index (χ4v) is 6.87. The van der Waals surface area contributed by atoms with Crippen LogP contribution < -0.4 is 4.90 Å². The molecule has 2 aromatic carbocycles. The van der Waals surface area contributed by atoms with Gasteiger partial charge in [0.15, 0.2) is 0 Å². The lowest BCUT2D eigenvalue weighted by atomic mass is 9.53. The maximum Gasteiger partial charge on any atom is 0.0452 e. The summed E-state index contributed by atoms with van der Waals surface area (Å²) < 4.78 is 0. The summed E-state index contributed by atoms with van der Waals surface area (Å²) in [7, 11) is 0. The van der Waals surface area contributed by atoms with Crippen LogP contribution in [0.3, 0.4) is 0 Å². The van der Waals surface area contributed by atoms with Crippen molar-refractivity contribution in [1.29, 1.82) is 0 Å². The molecule has 2 fully saturated rings. The Hall–Kier alpha value is -1.76. The van der Waals surface area contributed by atoms with E-state index < -0.39 is 0 Å². The van der Waals surface area contributed by atoms with E-state index in [1.165, 1.54) is 49.0 Å². The van der Waals surface area contributed by atoms with E-state index >= 15 is 0 Å². The molecule has 5 unspecified atom stereocenters. The second-order valence-corrected chi connectivity index (χ2v) is 9.30. The van der Waals surface area contributed by atoms with Crippen molar-refractivity contribution in [2.24, 2.45) is 17.8 Å². The van der Waals surface area contributed by atoms with Gasteiger partial charge >= 0.3 is 0 Å². The molecule has 0 aromatic heterocycles. The Labute approximate surface area is 158 Å². The molecule has 2 saturated carbocycles. The second-order valence-electron chi connectivity index (χ2n) is 9.30. The predicted octanol–water partition coefficient (Wildman–Crippen LogP) is 6.62. The zero-order valence-corrected chi connectivity index (χ0v) is 16.4. The Morgan fingerprint density at radius 3 is 2.42 bits per heavy atom. The van der Waals surface area contributed by atoms with Crippen LogP contribution in [0.25, 0.3) is 0 Å². The molecule has 1 aliphatic heterocycles. The first-order chi connectivity index (χ1) is 12.6. The smallest absolute Gasteiger partial charge is 0.0452 e. The molecule has 2 bridgehead atoms. The lowest BCUT2D eigenvalue weighted by molar-refractivity contribution is 0.0543. The Kier molecular flexibility index (Phi) is 3.71. The molecule has 1 heterocycles. The second kappa shape index (κ2) is 5.87. The highest BCUT2D eigenvalue weighted by molar-refractivity contribution is 5.76. The van der Waals surface area contributed by atoms with Gasteiger partial charge in [-0.1, -0.05) is 43.3 Å². The Morgan fingerprint density at radius 2 is 1.62 bits per heavy atom. The average Bonchev–Trinajstić information content (AvgIpc) is 2.88. The van der Waals surface area contributed by atoms with E-state index in [0.29, 0.717) is 11.5 Å². The van der Waals surface area contributed by atoms with E-state index in [1.807, 2.05) is 0 Å². The van der Waals surface area contributed by atoms with Crippen LogP contribution in [0.1, 0.15) is 57.1 Å². The number of benzene rings is 2. The van der Waals surface area contributed by atoms with Crippen molar-refractivity contribution in [3.8, 4) is 0 Å². The summed E-state index contributed by atoms with van der Waals surface area (Å²) in [5.41, 5.74) is 6.22. The van der Waals surface area contributed by atoms with E-state index in [9.17, 15) is 0 Å². The lowest BCUT2D eigenvalue weighted by Gasteiger charge is -2.52. The fourth-order valence-electron chi connectivity index (χ4n) is 6.87. The predicted molar refractivity (Wildman–Crippen MR) is 110 cm³/mol. The molecule has 0 N–H and O–H groups in total. The van der Waals surface area contributed by atoms with Crippen LogP contribution in [0.2, 0.25) is 0 Å². The van der Waals surface area contributed by atoms with Crippen LogP contribution >= 0.6 is 0 Å². The standard InChI is InChI=1S/C25H31N/c1-17-14-20-12-13-25(21(15-17)16-20)19(3)26(23-10-6-4-8-18(23)2)24-11-7-5-9-22(24)25/h4-11,17,19-21H,12-16H2,1-3H3. The van der Waals surface area contributed by atoms with Gasteiger partial charge in [0.2, 0.25) is 0 Å². The van der Waals surface area contributed by atoms with Gasteiger partial charge in [-0.25, -0.2) is 0 Å².